The van der Waals surface area contributed by atoms with Crippen molar-refractivity contribution in [3.05, 3.63) is 29.8 Å². The Morgan fingerprint density at radius 1 is 1.14 bits per heavy atom. The van der Waals surface area contributed by atoms with E-state index in [9.17, 15) is 18.3 Å². The van der Waals surface area contributed by atoms with E-state index in [0.29, 0.717) is 17.9 Å². The number of rotatable bonds is 8. The van der Waals surface area contributed by atoms with Crippen LogP contribution in [0, 0.1) is 11.8 Å². The Bertz CT molecular complexity index is 889. The molecule has 6 nitrogen and oxygen atoms in total. The van der Waals surface area contributed by atoms with E-state index in [0.717, 1.165) is 87.9 Å². The second-order valence-corrected chi connectivity index (χ2v) is 11.5. The van der Waals surface area contributed by atoms with Gasteiger partial charge in [-0.15, -0.1) is 5.10 Å². The normalized spacial score (nSPS) is 27.4. The lowest BCUT2D eigenvalue weighted by Gasteiger charge is -2.30. The van der Waals surface area contributed by atoms with Crippen LogP contribution in [0.4, 0.5) is 18.9 Å². The molecule has 1 aliphatic carbocycles. The van der Waals surface area contributed by atoms with Crippen LogP contribution in [-0.4, -0.2) is 84.5 Å². The topological polar surface area (TPSA) is 54.7 Å². The Labute approximate surface area is 216 Å². The first kappa shape index (κ1) is 27.3. The van der Waals surface area contributed by atoms with Crippen LogP contribution in [0.1, 0.15) is 44.1 Å². The summed E-state index contributed by atoms with van der Waals surface area (Å²) in [5.74, 6) is 2.09. The fourth-order valence-corrected chi connectivity index (χ4v) is 6.78. The molecule has 2 saturated heterocycles. The second-order valence-electron chi connectivity index (χ2n) is 10.4. The van der Waals surface area contributed by atoms with E-state index in [2.05, 4.69) is 38.7 Å². The zero-order chi connectivity index (χ0) is 25.7. The fraction of sp³-hybridized carbons (Fsp3) is 0.692. The highest BCUT2D eigenvalue weighted by molar-refractivity contribution is 8.13. The van der Waals surface area contributed by atoms with Gasteiger partial charge in [-0.3, -0.25) is 0 Å². The Morgan fingerprint density at radius 2 is 1.86 bits per heavy atom. The van der Waals surface area contributed by atoms with Crippen LogP contribution < -0.4 is 4.90 Å². The van der Waals surface area contributed by atoms with E-state index in [1.165, 1.54) is 12.1 Å². The summed E-state index contributed by atoms with van der Waals surface area (Å²) in [4.78, 5) is 6.95. The number of alkyl halides is 3. The molecule has 2 heterocycles. The molecule has 0 aromatic heterocycles. The van der Waals surface area contributed by atoms with E-state index in [4.69, 9.17) is 0 Å². The summed E-state index contributed by atoms with van der Waals surface area (Å²) in [5.41, 5.74) is 0.298. The van der Waals surface area contributed by atoms with Gasteiger partial charge in [0, 0.05) is 57.4 Å². The summed E-state index contributed by atoms with van der Waals surface area (Å²) in [6, 6.07) is 5.99. The number of nitrogens with zero attached hydrogens (tertiary/aromatic N) is 5. The van der Waals surface area contributed by atoms with Crippen molar-refractivity contribution < 1.29 is 18.3 Å². The molecule has 2 atom stereocenters. The number of aliphatic hydroxyl groups excluding tert-OH is 1. The van der Waals surface area contributed by atoms with Crippen LogP contribution in [0.5, 0.6) is 0 Å². The molecule has 10 heteroatoms. The van der Waals surface area contributed by atoms with Crippen molar-refractivity contribution in [3.63, 3.8) is 0 Å². The zero-order valence-electron chi connectivity index (χ0n) is 21.0. The highest BCUT2D eigenvalue weighted by Crippen LogP contribution is 2.37. The van der Waals surface area contributed by atoms with Crippen molar-refractivity contribution >= 4 is 29.3 Å². The maximum Gasteiger partial charge on any atom is 0.416 e. The molecule has 3 fully saturated rings. The number of thioether (sulfide) groups is 1. The van der Waals surface area contributed by atoms with Gasteiger partial charge in [0.2, 0.25) is 0 Å². The Morgan fingerprint density at radius 3 is 2.53 bits per heavy atom. The Kier molecular flexibility index (Phi) is 9.22. The number of hydrogen-bond acceptors (Lipinski definition) is 6. The first-order valence-corrected chi connectivity index (χ1v) is 13.9. The quantitative estimate of drug-likeness (QED) is 0.229. The SMILES string of the molecule is C=N/N=C(/SCCCN1C[C@@H]2CCN(c3ccc(C(F)(F)F)cc3)[C@@H]2C1)N(C)CC1CCC(O)CC1. The molecule has 3 aliphatic rings. The van der Waals surface area contributed by atoms with Gasteiger partial charge in [0.25, 0.3) is 0 Å². The van der Waals surface area contributed by atoms with Crippen molar-refractivity contribution in [1.29, 1.82) is 0 Å². The summed E-state index contributed by atoms with van der Waals surface area (Å²) < 4.78 is 38.8. The number of hydrogen-bond donors (Lipinski definition) is 1. The highest BCUT2D eigenvalue weighted by atomic mass is 32.2. The molecule has 0 radical (unpaired) electrons. The van der Waals surface area contributed by atoms with E-state index < -0.39 is 11.7 Å². The molecule has 0 unspecified atom stereocenters. The minimum atomic E-state index is -4.30. The fourth-order valence-electron chi connectivity index (χ4n) is 5.91. The molecule has 36 heavy (non-hydrogen) atoms. The highest BCUT2D eigenvalue weighted by Gasteiger charge is 2.41. The largest absolute Gasteiger partial charge is 0.416 e. The molecule has 1 aromatic carbocycles. The maximum absolute atomic E-state index is 12.9. The molecule has 0 bridgehead atoms. The zero-order valence-corrected chi connectivity index (χ0v) is 21.9. The van der Waals surface area contributed by atoms with E-state index in [1.807, 2.05) is 0 Å². The maximum atomic E-state index is 12.9. The molecule has 1 aromatic rings. The smallest absolute Gasteiger partial charge is 0.393 e. The van der Waals surface area contributed by atoms with Gasteiger partial charge in [0.15, 0.2) is 5.17 Å². The molecule has 0 amide bonds. The molecular formula is C26H38F3N5OS. The summed E-state index contributed by atoms with van der Waals surface area (Å²) in [6.07, 6.45) is 1.53. The number of likely N-dealkylation sites (tertiary alicyclic amines) is 1. The van der Waals surface area contributed by atoms with Crippen molar-refractivity contribution in [2.45, 2.75) is 56.8 Å². The molecule has 200 valence electrons. The minimum absolute atomic E-state index is 0.143. The first-order chi connectivity index (χ1) is 17.2. The third-order valence-corrected chi connectivity index (χ3v) is 8.97. The number of aliphatic hydroxyl groups is 1. The number of amidine groups is 1. The number of fused-ring (bicyclic) bond motifs is 1. The number of anilines is 1. The van der Waals surface area contributed by atoms with Crippen molar-refractivity contribution in [1.82, 2.24) is 9.80 Å². The van der Waals surface area contributed by atoms with Crippen LogP contribution >= 0.6 is 11.8 Å². The average Bonchev–Trinajstić information content (AvgIpc) is 3.42. The lowest BCUT2D eigenvalue weighted by Crippen LogP contribution is -2.35. The van der Waals surface area contributed by atoms with Crippen LogP contribution in [0.25, 0.3) is 0 Å². The van der Waals surface area contributed by atoms with Crippen LogP contribution in [0.15, 0.2) is 34.5 Å². The third kappa shape index (κ3) is 6.95. The third-order valence-electron chi connectivity index (χ3n) is 7.83. The standard InChI is InChI=1S/C26H38F3N5OS/c1-30-31-25(32(2)16-19-4-10-23(35)11-5-19)36-15-3-13-33-17-20-12-14-34(24(20)18-33)22-8-6-21(7-9-22)26(27,28)29/h6-9,19-20,23-24,35H,1,3-5,10-18H2,2H3/b31-25+/t19?,20-,23?,24+/m0/s1. The van der Waals surface area contributed by atoms with Crippen molar-refractivity contribution in [2.24, 2.45) is 22.0 Å². The van der Waals surface area contributed by atoms with Gasteiger partial charge < -0.3 is 19.8 Å². The van der Waals surface area contributed by atoms with Gasteiger partial charge in [-0.05, 0) is 81.2 Å². The van der Waals surface area contributed by atoms with Gasteiger partial charge in [0.1, 0.15) is 0 Å². The van der Waals surface area contributed by atoms with Gasteiger partial charge >= 0.3 is 6.18 Å². The van der Waals surface area contributed by atoms with Crippen LogP contribution in [-0.2, 0) is 6.18 Å². The molecule has 0 spiro atoms. The van der Waals surface area contributed by atoms with Crippen molar-refractivity contribution in [3.8, 4) is 0 Å². The van der Waals surface area contributed by atoms with Gasteiger partial charge in [-0.2, -0.15) is 18.3 Å². The minimum Gasteiger partial charge on any atom is -0.393 e. The van der Waals surface area contributed by atoms with Gasteiger partial charge in [-0.25, -0.2) is 0 Å². The molecule has 1 saturated carbocycles. The second kappa shape index (κ2) is 12.2. The number of benzene rings is 1. The van der Waals surface area contributed by atoms with Crippen LogP contribution in [0.2, 0.25) is 0 Å². The molecule has 2 aliphatic heterocycles. The monoisotopic (exact) mass is 525 g/mol. The Balaban J connectivity index is 1.21. The predicted octanol–water partition coefficient (Wildman–Crippen LogP) is 4.79. The molecule has 1 N–H and O–H groups in total. The summed E-state index contributed by atoms with van der Waals surface area (Å²) in [5, 5.41) is 18.7. The first-order valence-electron chi connectivity index (χ1n) is 13.0. The number of halogens is 3. The lowest BCUT2D eigenvalue weighted by molar-refractivity contribution is -0.137. The average molecular weight is 526 g/mol. The van der Waals surface area contributed by atoms with Gasteiger partial charge in [0.05, 0.1) is 11.7 Å². The summed E-state index contributed by atoms with van der Waals surface area (Å²) in [7, 11) is 2.06. The van der Waals surface area contributed by atoms with E-state index >= 15 is 0 Å². The lowest BCUT2D eigenvalue weighted by atomic mass is 9.87. The van der Waals surface area contributed by atoms with Gasteiger partial charge in [-0.1, -0.05) is 11.8 Å². The predicted molar refractivity (Wildman–Crippen MR) is 142 cm³/mol. The summed E-state index contributed by atoms with van der Waals surface area (Å²) >= 11 is 1.71. The van der Waals surface area contributed by atoms with Crippen molar-refractivity contribution in [2.75, 3.05) is 50.4 Å². The van der Waals surface area contributed by atoms with Crippen LogP contribution in [0.3, 0.4) is 0 Å². The van der Waals surface area contributed by atoms with E-state index in [1.54, 1.807) is 23.9 Å². The van der Waals surface area contributed by atoms with E-state index in [-0.39, 0.29) is 6.10 Å². The molecular weight excluding hydrogens is 487 g/mol. The molecule has 4 rings (SSSR count). The Hall–Kier alpha value is -1.78. The summed E-state index contributed by atoms with van der Waals surface area (Å²) in [6.45, 7) is 8.37.